The van der Waals surface area contributed by atoms with Crippen LogP contribution in [0.3, 0.4) is 0 Å². The molecule has 1 N–H and O–H groups in total. The van der Waals surface area contributed by atoms with Gasteiger partial charge >= 0.3 is 5.97 Å². The summed E-state index contributed by atoms with van der Waals surface area (Å²) in [5, 5.41) is 13.9. The van der Waals surface area contributed by atoms with E-state index in [2.05, 4.69) is 25.9 Å². The van der Waals surface area contributed by atoms with Gasteiger partial charge in [0, 0.05) is 25.6 Å². The molecule has 1 saturated heterocycles. The van der Waals surface area contributed by atoms with Crippen LogP contribution in [-0.4, -0.2) is 44.8 Å². The molecule has 2 heterocycles. The minimum Gasteiger partial charge on any atom is -0.481 e. The summed E-state index contributed by atoms with van der Waals surface area (Å²) in [5.74, 6) is -0.735. The van der Waals surface area contributed by atoms with Crippen LogP contribution in [0, 0.1) is 17.8 Å². The third-order valence-corrected chi connectivity index (χ3v) is 5.06. The van der Waals surface area contributed by atoms with Gasteiger partial charge in [-0.15, -0.1) is 0 Å². The second kappa shape index (κ2) is 5.35. The van der Waals surface area contributed by atoms with Gasteiger partial charge in [-0.25, -0.2) is 0 Å². The molecule has 1 aromatic heterocycles. The third kappa shape index (κ3) is 2.99. The number of carbonyl (C=O) groups is 2. The van der Waals surface area contributed by atoms with Gasteiger partial charge in [0.05, 0.1) is 11.6 Å². The van der Waals surface area contributed by atoms with Crippen LogP contribution in [0.2, 0.25) is 0 Å². The molecule has 2 atom stereocenters. The van der Waals surface area contributed by atoms with Crippen molar-refractivity contribution in [2.24, 2.45) is 24.8 Å². The van der Waals surface area contributed by atoms with Crippen molar-refractivity contribution in [1.29, 1.82) is 0 Å². The van der Waals surface area contributed by atoms with E-state index < -0.39 is 11.9 Å². The zero-order valence-electron chi connectivity index (χ0n) is 14.2. The largest absolute Gasteiger partial charge is 0.481 e. The Labute approximate surface area is 136 Å². The molecule has 1 saturated carbocycles. The molecule has 126 valence electrons. The van der Waals surface area contributed by atoms with Crippen molar-refractivity contribution in [3.05, 3.63) is 17.5 Å². The molecule has 1 aromatic rings. The fourth-order valence-electron chi connectivity index (χ4n) is 3.45. The lowest BCUT2D eigenvalue weighted by molar-refractivity contribution is -0.142. The Hall–Kier alpha value is -1.85. The lowest BCUT2D eigenvalue weighted by Gasteiger charge is -2.16. The number of nitrogens with zero attached hydrogens (tertiary/aromatic N) is 3. The van der Waals surface area contributed by atoms with E-state index >= 15 is 0 Å². The number of hydrogen-bond donors (Lipinski definition) is 1. The molecule has 6 nitrogen and oxygen atoms in total. The molecule has 1 aliphatic heterocycles. The Balaban J connectivity index is 1.81. The Morgan fingerprint density at radius 2 is 1.91 bits per heavy atom. The van der Waals surface area contributed by atoms with E-state index in [1.54, 1.807) is 16.6 Å². The summed E-state index contributed by atoms with van der Waals surface area (Å²) in [6, 6.07) is 1.84. The van der Waals surface area contributed by atoms with Gasteiger partial charge in [0.15, 0.2) is 0 Å². The van der Waals surface area contributed by atoms with Crippen LogP contribution < -0.4 is 0 Å². The first kappa shape index (κ1) is 16.0. The Morgan fingerprint density at radius 1 is 1.26 bits per heavy atom. The van der Waals surface area contributed by atoms with E-state index in [0.717, 1.165) is 18.5 Å². The maximum Gasteiger partial charge on any atom is 0.308 e. The van der Waals surface area contributed by atoms with Crippen molar-refractivity contribution in [3.63, 3.8) is 0 Å². The quantitative estimate of drug-likeness (QED) is 0.923. The number of carboxylic acids is 1. The maximum atomic E-state index is 12.8. The van der Waals surface area contributed by atoms with E-state index in [4.69, 9.17) is 0 Å². The van der Waals surface area contributed by atoms with Gasteiger partial charge in [0.2, 0.25) is 0 Å². The van der Waals surface area contributed by atoms with Crippen LogP contribution in [0.15, 0.2) is 6.07 Å². The minimum absolute atomic E-state index is 0.103. The van der Waals surface area contributed by atoms with Crippen LogP contribution >= 0.6 is 0 Å². The van der Waals surface area contributed by atoms with E-state index in [9.17, 15) is 14.7 Å². The molecule has 0 unspecified atom stereocenters. The van der Waals surface area contributed by atoms with Crippen LogP contribution in [0.5, 0.6) is 0 Å². The van der Waals surface area contributed by atoms with Crippen LogP contribution in [-0.2, 0) is 17.3 Å². The lowest BCUT2D eigenvalue weighted by atomic mass is 9.92. The molecule has 0 bridgehead atoms. The van der Waals surface area contributed by atoms with Crippen molar-refractivity contribution in [1.82, 2.24) is 14.7 Å². The second-order valence-corrected chi connectivity index (χ2v) is 7.94. The van der Waals surface area contributed by atoms with Crippen LogP contribution in [0.4, 0.5) is 0 Å². The Kier molecular flexibility index (Phi) is 3.73. The molecule has 0 aromatic carbocycles. The third-order valence-electron chi connectivity index (χ3n) is 5.06. The average Bonchev–Trinajstić information content (AvgIpc) is 3.06. The molecule has 1 aliphatic carbocycles. The number of aromatic nitrogens is 2. The van der Waals surface area contributed by atoms with Crippen molar-refractivity contribution >= 4 is 11.9 Å². The van der Waals surface area contributed by atoms with Gasteiger partial charge in [-0.1, -0.05) is 20.8 Å². The molecule has 0 radical (unpaired) electrons. The Morgan fingerprint density at radius 3 is 2.39 bits per heavy atom. The summed E-state index contributed by atoms with van der Waals surface area (Å²) in [5.41, 5.74) is 1.29. The van der Waals surface area contributed by atoms with E-state index in [-0.39, 0.29) is 17.2 Å². The first-order chi connectivity index (χ1) is 10.7. The number of carboxylic acid groups (broad SMARTS) is 1. The molecular weight excluding hydrogens is 294 g/mol. The van der Waals surface area contributed by atoms with Gasteiger partial charge < -0.3 is 10.0 Å². The van der Waals surface area contributed by atoms with E-state index in [1.165, 1.54) is 0 Å². The topological polar surface area (TPSA) is 75.4 Å². The van der Waals surface area contributed by atoms with Gasteiger partial charge in [0.25, 0.3) is 5.91 Å². The zero-order chi connectivity index (χ0) is 16.9. The standard InChI is InChI=1S/C17H25N3O3/c1-17(2,3)14-7-13(19(4)18-14)15(21)20-8-11(10-5-6-10)12(9-20)16(22)23/h7,10-12H,5-6,8-9H2,1-4H3,(H,22,23)/t11-,12+/m1/s1. The van der Waals surface area contributed by atoms with Crippen LogP contribution in [0.1, 0.15) is 49.8 Å². The average molecular weight is 319 g/mol. The smallest absolute Gasteiger partial charge is 0.308 e. The highest BCUT2D eigenvalue weighted by atomic mass is 16.4. The van der Waals surface area contributed by atoms with Gasteiger partial charge in [-0.2, -0.15) is 5.10 Å². The highest BCUT2D eigenvalue weighted by Gasteiger charge is 2.47. The molecule has 0 spiro atoms. The van der Waals surface area contributed by atoms with Crippen molar-refractivity contribution < 1.29 is 14.7 Å². The SMILES string of the molecule is Cn1nc(C(C)(C)C)cc1C(=O)N1C[C@H](C(=O)O)[C@@H](C2CC2)C1. The predicted molar refractivity (Wildman–Crippen MR) is 85.2 cm³/mol. The number of carbonyl (C=O) groups excluding carboxylic acids is 1. The lowest BCUT2D eigenvalue weighted by Crippen LogP contribution is -2.31. The molecule has 2 fully saturated rings. The van der Waals surface area contributed by atoms with Crippen LogP contribution in [0.25, 0.3) is 0 Å². The van der Waals surface area contributed by atoms with Crippen molar-refractivity contribution in [2.45, 2.75) is 39.0 Å². The summed E-state index contributed by atoms with van der Waals surface area (Å²) in [4.78, 5) is 26.0. The van der Waals surface area contributed by atoms with E-state index in [0.29, 0.717) is 24.7 Å². The maximum absolute atomic E-state index is 12.8. The fraction of sp³-hybridized carbons (Fsp3) is 0.706. The van der Waals surface area contributed by atoms with Gasteiger partial charge in [0.1, 0.15) is 5.69 Å². The number of likely N-dealkylation sites (tertiary alicyclic amines) is 1. The number of aryl methyl sites for hydroxylation is 1. The summed E-state index contributed by atoms with van der Waals surface area (Å²) >= 11 is 0. The Bertz CT molecular complexity index is 640. The first-order valence-electron chi connectivity index (χ1n) is 8.25. The molecule has 23 heavy (non-hydrogen) atoms. The van der Waals surface area contributed by atoms with E-state index in [1.807, 2.05) is 6.07 Å². The number of hydrogen-bond acceptors (Lipinski definition) is 3. The molecule has 3 rings (SSSR count). The summed E-state index contributed by atoms with van der Waals surface area (Å²) in [6.45, 7) is 7.04. The highest BCUT2D eigenvalue weighted by molar-refractivity contribution is 5.93. The van der Waals surface area contributed by atoms with Crippen molar-refractivity contribution in [2.75, 3.05) is 13.1 Å². The summed E-state index contributed by atoms with van der Waals surface area (Å²) in [6.07, 6.45) is 2.19. The fourth-order valence-corrected chi connectivity index (χ4v) is 3.45. The van der Waals surface area contributed by atoms with Gasteiger partial charge in [-0.3, -0.25) is 14.3 Å². The normalized spacial score (nSPS) is 25.0. The predicted octanol–water partition coefficient (Wildman–Crippen LogP) is 1.90. The van der Waals surface area contributed by atoms with Crippen molar-refractivity contribution in [3.8, 4) is 0 Å². The van der Waals surface area contributed by atoms with Gasteiger partial charge in [-0.05, 0) is 30.7 Å². The highest BCUT2D eigenvalue weighted by Crippen LogP contribution is 2.44. The molecule has 6 heteroatoms. The molecule has 2 aliphatic rings. The number of amides is 1. The minimum atomic E-state index is -0.780. The molecule has 1 amide bonds. The summed E-state index contributed by atoms with van der Waals surface area (Å²) in [7, 11) is 1.77. The number of aliphatic carboxylic acids is 1. The molecular formula is C17H25N3O3. The monoisotopic (exact) mass is 319 g/mol. The zero-order valence-corrected chi connectivity index (χ0v) is 14.2. The second-order valence-electron chi connectivity index (χ2n) is 7.94. The first-order valence-corrected chi connectivity index (χ1v) is 8.25. The summed E-state index contributed by atoms with van der Waals surface area (Å²) < 4.78 is 1.61. The number of rotatable bonds is 3.